The summed E-state index contributed by atoms with van der Waals surface area (Å²) in [5, 5.41) is 0. The first-order valence-corrected chi connectivity index (χ1v) is 7.67. The Bertz CT molecular complexity index is 765. The van der Waals surface area contributed by atoms with E-state index in [9.17, 15) is 19.2 Å². The monoisotopic (exact) mass is 344 g/mol. The van der Waals surface area contributed by atoms with E-state index in [1.165, 1.54) is 20.3 Å². The van der Waals surface area contributed by atoms with Gasteiger partial charge in [0, 0.05) is 11.1 Å². The van der Waals surface area contributed by atoms with Gasteiger partial charge in [-0.3, -0.25) is 19.2 Å². The summed E-state index contributed by atoms with van der Waals surface area (Å²) < 4.78 is 14.8. The summed E-state index contributed by atoms with van der Waals surface area (Å²) in [6.45, 7) is 0. The largest absolute Gasteiger partial charge is 0.469 e. The lowest BCUT2D eigenvalue weighted by molar-refractivity contribution is -0.186. The summed E-state index contributed by atoms with van der Waals surface area (Å²) in [6, 6.07) is 8.42. The van der Waals surface area contributed by atoms with Crippen molar-refractivity contribution in [3.05, 3.63) is 47.5 Å². The molecule has 130 valence electrons. The van der Waals surface area contributed by atoms with E-state index in [0.29, 0.717) is 5.56 Å². The minimum atomic E-state index is -1.18. The van der Waals surface area contributed by atoms with Crippen LogP contribution >= 0.6 is 0 Å². The molecule has 2 bridgehead atoms. The van der Waals surface area contributed by atoms with Crippen molar-refractivity contribution < 1.29 is 33.4 Å². The number of rotatable bonds is 4. The fraction of sp³-hybridized carbons (Fsp3) is 0.333. The Morgan fingerprint density at radius 1 is 0.960 bits per heavy atom. The number of methoxy groups -OCH3 is 2. The predicted octanol–water partition coefficient (Wildman–Crippen LogP) is 0.929. The van der Waals surface area contributed by atoms with Crippen LogP contribution in [0.25, 0.3) is 0 Å². The van der Waals surface area contributed by atoms with Gasteiger partial charge in [-0.1, -0.05) is 36.4 Å². The van der Waals surface area contributed by atoms with Crippen molar-refractivity contribution in [1.29, 1.82) is 0 Å². The molecule has 0 saturated carbocycles. The number of benzene rings is 1. The lowest BCUT2D eigenvalue weighted by Gasteiger charge is -2.42. The van der Waals surface area contributed by atoms with Gasteiger partial charge >= 0.3 is 17.9 Å². The molecule has 2 heterocycles. The Balaban J connectivity index is 2.06. The molecule has 1 fully saturated rings. The third kappa shape index (κ3) is 2.71. The van der Waals surface area contributed by atoms with E-state index in [4.69, 9.17) is 14.2 Å². The van der Waals surface area contributed by atoms with Gasteiger partial charge in [0.05, 0.1) is 26.1 Å². The van der Waals surface area contributed by atoms with Gasteiger partial charge in [-0.2, -0.15) is 0 Å². The fourth-order valence-electron chi connectivity index (χ4n) is 3.35. The number of carbonyl (C=O) groups is 4. The number of Topliss-reactive ketones (excluding diaryl/α,β-unsaturated/α-hetero) is 1. The van der Waals surface area contributed by atoms with Crippen LogP contribution in [0.3, 0.4) is 0 Å². The number of fused-ring (bicyclic) bond motifs is 2. The van der Waals surface area contributed by atoms with Gasteiger partial charge in [-0.05, 0) is 0 Å². The maximum atomic E-state index is 12.8. The minimum absolute atomic E-state index is 0.173. The smallest absolute Gasteiger partial charge is 0.314 e. The summed E-state index contributed by atoms with van der Waals surface area (Å²) in [5.41, 5.74) is 0.571. The standard InChI is InChI=1S/C18H16O7/c1-23-17(21)12-10-8-11(14(19)9-6-4-3-5-7-9)15(25-16(10)20)13(12)18(22)24-2/h3-8,10,12-13,15H,1-2H3. The molecule has 0 amide bonds. The first kappa shape index (κ1) is 16.9. The van der Waals surface area contributed by atoms with E-state index >= 15 is 0 Å². The van der Waals surface area contributed by atoms with E-state index < -0.39 is 41.8 Å². The topological polar surface area (TPSA) is 96.0 Å². The first-order chi connectivity index (χ1) is 12.0. The van der Waals surface area contributed by atoms with Crippen molar-refractivity contribution in [3.63, 3.8) is 0 Å². The number of hydrogen-bond donors (Lipinski definition) is 0. The molecular formula is C18H16O7. The number of ether oxygens (including phenoxy) is 3. The molecule has 1 aliphatic carbocycles. The van der Waals surface area contributed by atoms with E-state index in [0.717, 1.165) is 0 Å². The van der Waals surface area contributed by atoms with Crippen molar-refractivity contribution >= 4 is 23.7 Å². The molecule has 25 heavy (non-hydrogen) atoms. The Kier molecular flexibility index (Phi) is 4.39. The second-order valence-electron chi connectivity index (χ2n) is 5.80. The third-order valence-electron chi connectivity index (χ3n) is 4.53. The molecular weight excluding hydrogens is 328 g/mol. The van der Waals surface area contributed by atoms with Crippen molar-refractivity contribution in [1.82, 2.24) is 0 Å². The first-order valence-electron chi connectivity index (χ1n) is 7.67. The van der Waals surface area contributed by atoms with Crippen LogP contribution in [0, 0.1) is 17.8 Å². The van der Waals surface area contributed by atoms with Crippen LogP contribution in [0.15, 0.2) is 42.0 Å². The maximum absolute atomic E-state index is 12.8. The van der Waals surface area contributed by atoms with Crippen LogP contribution < -0.4 is 0 Å². The van der Waals surface area contributed by atoms with Crippen LogP contribution in [-0.2, 0) is 28.6 Å². The van der Waals surface area contributed by atoms with Crippen LogP contribution in [0.4, 0.5) is 0 Å². The zero-order valence-electron chi connectivity index (χ0n) is 13.6. The molecule has 0 N–H and O–H groups in total. The Morgan fingerprint density at radius 2 is 1.56 bits per heavy atom. The van der Waals surface area contributed by atoms with E-state index in [-0.39, 0.29) is 11.4 Å². The van der Waals surface area contributed by atoms with Crippen LogP contribution in [0.1, 0.15) is 10.4 Å². The van der Waals surface area contributed by atoms with Gasteiger partial charge in [0.2, 0.25) is 0 Å². The van der Waals surface area contributed by atoms with E-state index in [1.807, 2.05) is 0 Å². The molecule has 0 spiro atoms. The molecule has 4 rings (SSSR count). The Labute approximate surface area is 143 Å². The summed E-state index contributed by atoms with van der Waals surface area (Å²) in [6.07, 6.45) is 0.231. The molecule has 0 radical (unpaired) electrons. The normalized spacial score (nSPS) is 27.1. The molecule has 1 aromatic carbocycles. The van der Waals surface area contributed by atoms with Crippen LogP contribution in [-0.4, -0.2) is 44.0 Å². The van der Waals surface area contributed by atoms with Crippen molar-refractivity contribution in [2.24, 2.45) is 17.8 Å². The zero-order chi connectivity index (χ0) is 18.1. The Morgan fingerprint density at radius 3 is 2.16 bits per heavy atom. The highest BCUT2D eigenvalue weighted by Crippen LogP contribution is 2.44. The van der Waals surface area contributed by atoms with Gasteiger partial charge in [0.1, 0.15) is 12.0 Å². The minimum Gasteiger partial charge on any atom is -0.469 e. The van der Waals surface area contributed by atoms with E-state index in [1.54, 1.807) is 30.3 Å². The Hall–Kier alpha value is -2.96. The number of carbonyl (C=O) groups excluding carboxylic acids is 4. The quantitative estimate of drug-likeness (QED) is 0.455. The SMILES string of the molecule is COC(=O)C1C2C=C(C(=O)c3ccccc3)C(OC2=O)C1C(=O)OC. The molecule has 1 aromatic rings. The van der Waals surface area contributed by atoms with Gasteiger partial charge in [0.15, 0.2) is 5.78 Å². The molecule has 7 nitrogen and oxygen atoms in total. The van der Waals surface area contributed by atoms with Crippen LogP contribution in [0.5, 0.6) is 0 Å². The lowest BCUT2D eigenvalue weighted by atomic mass is 9.67. The summed E-state index contributed by atoms with van der Waals surface area (Å²) in [7, 11) is 2.34. The van der Waals surface area contributed by atoms with E-state index in [2.05, 4.69) is 0 Å². The van der Waals surface area contributed by atoms with Crippen molar-refractivity contribution in [2.75, 3.05) is 14.2 Å². The average molecular weight is 344 g/mol. The second-order valence-corrected chi connectivity index (χ2v) is 5.80. The highest BCUT2D eigenvalue weighted by molar-refractivity contribution is 6.11. The second kappa shape index (κ2) is 6.51. The van der Waals surface area contributed by atoms with Gasteiger partial charge in [-0.15, -0.1) is 0 Å². The molecule has 4 atom stereocenters. The zero-order valence-corrected chi connectivity index (χ0v) is 13.6. The number of esters is 3. The summed E-state index contributed by atoms with van der Waals surface area (Å²) >= 11 is 0. The van der Waals surface area contributed by atoms with Gasteiger partial charge in [-0.25, -0.2) is 0 Å². The molecule has 7 heteroatoms. The third-order valence-corrected chi connectivity index (χ3v) is 4.53. The lowest BCUT2D eigenvalue weighted by Crippen LogP contribution is -2.56. The molecule has 4 unspecified atom stereocenters. The highest BCUT2D eigenvalue weighted by Gasteiger charge is 2.58. The molecule has 3 aliphatic rings. The van der Waals surface area contributed by atoms with Crippen LogP contribution in [0.2, 0.25) is 0 Å². The average Bonchev–Trinajstić information content (AvgIpc) is 2.66. The highest BCUT2D eigenvalue weighted by atomic mass is 16.6. The van der Waals surface area contributed by atoms with Gasteiger partial charge in [0.25, 0.3) is 0 Å². The molecule has 1 saturated heterocycles. The maximum Gasteiger partial charge on any atom is 0.314 e. The molecule has 2 aliphatic heterocycles. The number of hydrogen-bond acceptors (Lipinski definition) is 7. The van der Waals surface area contributed by atoms with Gasteiger partial charge < -0.3 is 14.2 Å². The van der Waals surface area contributed by atoms with Crippen molar-refractivity contribution in [3.8, 4) is 0 Å². The molecule has 0 aromatic heterocycles. The predicted molar refractivity (Wildman–Crippen MR) is 83.2 cm³/mol. The van der Waals surface area contributed by atoms with Crippen molar-refractivity contribution in [2.45, 2.75) is 6.10 Å². The fourth-order valence-corrected chi connectivity index (χ4v) is 3.35. The summed E-state index contributed by atoms with van der Waals surface area (Å²) in [5.74, 6) is -5.73. The summed E-state index contributed by atoms with van der Waals surface area (Å²) in [4.78, 5) is 49.2. The number of ketones is 1.